The van der Waals surface area contributed by atoms with Crippen LogP contribution in [-0.2, 0) is 9.53 Å². The molecule has 1 amide bonds. The van der Waals surface area contributed by atoms with Gasteiger partial charge in [0.1, 0.15) is 0 Å². The van der Waals surface area contributed by atoms with E-state index in [0.717, 1.165) is 41.3 Å². The Labute approximate surface area is 141 Å². The SMILES string of the molecule is O=C(C1CN(c2nc3ccc(Br)cc3s2)C1)N1CCOCC1. The minimum absolute atomic E-state index is 0.108. The van der Waals surface area contributed by atoms with Gasteiger partial charge in [-0.2, -0.15) is 0 Å². The van der Waals surface area contributed by atoms with Crippen LogP contribution < -0.4 is 4.90 Å². The Morgan fingerprint density at radius 3 is 2.86 bits per heavy atom. The topological polar surface area (TPSA) is 45.7 Å². The molecule has 0 saturated carbocycles. The summed E-state index contributed by atoms with van der Waals surface area (Å²) in [6, 6.07) is 6.12. The van der Waals surface area contributed by atoms with Gasteiger partial charge in [0.25, 0.3) is 0 Å². The van der Waals surface area contributed by atoms with Crippen molar-refractivity contribution < 1.29 is 9.53 Å². The zero-order valence-electron chi connectivity index (χ0n) is 12.0. The second kappa shape index (κ2) is 5.79. The monoisotopic (exact) mass is 381 g/mol. The molecule has 3 heterocycles. The number of anilines is 1. The molecule has 0 unspecified atom stereocenters. The highest BCUT2D eigenvalue weighted by molar-refractivity contribution is 9.10. The van der Waals surface area contributed by atoms with E-state index in [1.165, 1.54) is 4.70 Å². The summed E-state index contributed by atoms with van der Waals surface area (Å²) in [5.74, 6) is 0.375. The third-order valence-electron chi connectivity index (χ3n) is 4.16. The minimum Gasteiger partial charge on any atom is -0.378 e. The fourth-order valence-electron chi connectivity index (χ4n) is 2.85. The van der Waals surface area contributed by atoms with Crippen molar-refractivity contribution in [2.24, 2.45) is 5.92 Å². The molecule has 7 heteroatoms. The lowest BCUT2D eigenvalue weighted by Crippen LogP contribution is -2.56. The molecule has 2 aliphatic rings. The number of halogens is 1. The summed E-state index contributed by atoms with van der Waals surface area (Å²) >= 11 is 5.17. The molecule has 5 nitrogen and oxygen atoms in total. The van der Waals surface area contributed by atoms with E-state index in [-0.39, 0.29) is 11.8 Å². The maximum Gasteiger partial charge on any atom is 0.229 e. The van der Waals surface area contributed by atoms with Crippen LogP contribution in [0.3, 0.4) is 0 Å². The molecule has 2 aromatic rings. The smallest absolute Gasteiger partial charge is 0.229 e. The molecular formula is C15H16BrN3O2S. The van der Waals surface area contributed by atoms with Gasteiger partial charge in [-0.05, 0) is 18.2 Å². The molecule has 0 atom stereocenters. The first kappa shape index (κ1) is 14.4. The Hall–Kier alpha value is -1.18. The second-order valence-corrected chi connectivity index (χ2v) is 7.57. The van der Waals surface area contributed by atoms with E-state index < -0.39 is 0 Å². The number of carbonyl (C=O) groups excluding carboxylic acids is 1. The summed E-state index contributed by atoms with van der Waals surface area (Å²) in [6.07, 6.45) is 0. The molecule has 0 aliphatic carbocycles. The standard InChI is InChI=1S/C15H16BrN3O2S/c16-11-1-2-12-13(7-11)22-15(17-12)19-8-10(9-19)14(20)18-3-5-21-6-4-18/h1-2,7,10H,3-6,8-9H2. The molecule has 2 saturated heterocycles. The van der Waals surface area contributed by atoms with E-state index >= 15 is 0 Å². The van der Waals surface area contributed by atoms with E-state index in [2.05, 4.69) is 31.9 Å². The van der Waals surface area contributed by atoms with Gasteiger partial charge in [-0.1, -0.05) is 27.3 Å². The number of hydrogen-bond donors (Lipinski definition) is 0. The molecule has 0 bridgehead atoms. The number of ether oxygens (including phenoxy) is 1. The fraction of sp³-hybridized carbons (Fsp3) is 0.467. The summed E-state index contributed by atoms with van der Waals surface area (Å²) < 4.78 is 7.54. The fourth-order valence-corrected chi connectivity index (χ4v) is 4.39. The van der Waals surface area contributed by atoms with Crippen molar-refractivity contribution in [1.82, 2.24) is 9.88 Å². The highest BCUT2D eigenvalue weighted by Crippen LogP contribution is 2.34. The van der Waals surface area contributed by atoms with E-state index in [1.807, 2.05) is 17.0 Å². The van der Waals surface area contributed by atoms with Gasteiger partial charge >= 0.3 is 0 Å². The Morgan fingerprint density at radius 2 is 2.09 bits per heavy atom. The van der Waals surface area contributed by atoms with E-state index in [9.17, 15) is 4.79 Å². The summed E-state index contributed by atoms with van der Waals surface area (Å²) in [6.45, 7) is 4.33. The van der Waals surface area contributed by atoms with Crippen LogP contribution in [0.25, 0.3) is 10.2 Å². The first-order chi connectivity index (χ1) is 10.7. The first-order valence-corrected chi connectivity index (χ1v) is 8.99. The largest absolute Gasteiger partial charge is 0.378 e. The van der Waals surface area contributed by atoms with Gasteiger partial charge in [-0.15, -0.1) is 0 Å². The highest BCUT2D eigenvalue weighted by atomic mass is 79.9. The van der Waals surface area contributed by atoms with Gasteiger partial charge in [-0.25, -0.2) is 4.98 Å². The molecule has 1 aromatic carbocycles. The van der Waals surface area contributed by atoms with Crippen LogP contribution >= 0.6 is 27.3 Å². The molecule has 116 valence electrons. The lowest BCUT2D eigenvalue weighted by Gasteiger charge is -2.41. The molecule has 2 aliphatic heterocycles. The van der Waals surface area contributed by atoms with Gasteiger partial charge < -0.3 is 14.5 Å². The van der Waals surface area contributed by atoms with Gasteiger partial charge in [0.15, 0.2) is 5.13 Å². The van der Waals surface area contributed by atoms with Crippen LogP contribution in [0.2, 0.25) is 0 Å². The number of amides is 1. The number of hydrogen-bond acceptors (Lipinski definition) is 5. The van der Waals surface area contributed by atoms with E-state index in [0.29, 0.717) is 13.2 Å². The Kier molecular flexibility index (Phi) is 3.79. The van der Waals surface area contributed by atoms with E-state index in [4.69, 9.17) is 4.74 Å². The van der Waals surface area contributed by atoms with Gasteiger partial charge in [-0.3, -0.25) is 4.79 Å². The number of fused-ring (bicyclic) bond motifs is 1. The maximum atomic E-state index is 12.4. The average molecular weight is 382 g/mol. The third kappa shape index (κ3) is 2.61. The number of aromatic nitrogens is 1. The Balaban J connectivity index is 1.42. The second-order valence-electron chi connectivity index (χ2n) is 5.65. The van der Waals surface area contributed by atoms with Crippen molar-refractivity contribution in [3.8, 4) is 0 Å². The number of rotatable bonds is 2. The molecule has 2 fully saturated rings. The molecule has 22 heavy (non-hydrogen) atoms. The van der Waals surface area contributed by atoms with Crippen LogP contribution in [0, 0.1) is 5.92 Å². The predicted octanol–water partition coefficient (Wildman–Crippen LogP) is 2.35. The Bertz CT molecular complexity index is 708. The van der Waals surface area contributed by atoms with Crippen molar-refractivity contribution in [2.45, 2.75) is 0 Å². The van der Waals surface area contributed by atoms with Crippen molar-refractivity contribution >= 4 is 48.5 Å². The molecule has 0 radical (unpaired) electrons. The van der Waals surface area contributed by atoms with Crippen LogP contribution in [0.1, 0.15) is 0 Å². The number of morpholine rings is 1. The molecule has 1 aromatic heterocycles. The van der Waals surface area contributed by atoms with Crippen LogP contribution in [-0.4, -0.2) is 55.2 Å². The third-order valence-corrected chi connectivity index (χ3v) is 5.74. The number of thiazole rings is 1. The normalized spacial score (nSPS) is 19.5. The number of nitrogens with zero attached hydrogens (tertiary/aromatic N) is 3. The average Bonchev–Trinajstić information content (AvgIpc) is 2.89. The van der Waals surface area contributed by atoms with Gasteiger partial charge in [0.05, 0.1) is 29.3 Å². The zero-order valence-corrected chi connectivity index (χ0v) is 14.4. The van der Waals surface area contributed by atoms with Crippen LogP contribution in [0.4, 0.5) is 5.13 Å². The predicted molar refractivity (Wildman–Crippen MR) is 90.4 cm³/mol. The summed E-state index contributed by atoms with van der Waals surface area (Å²) in [7, 11) is 0. The first-order valence-electron chi connectivity index (χ1n) is 7.38. The lowest BCUT2D eigenvalue weighted by atomic mass is 9.99. The minimum atomic E-state index is 0.108. The molecule has 4 rings (SSSR count). The number of benzene rings is 1. The molecule has 0 spiro atoms. The zero-order chi connectivity index (χ0) is 15.1. The Morgan fingerprint density at radius 1 is 1.32 bits per heavy atom. The van der Waals surface area contributed by atoms with Crippen molar-refractivity contribution in [3.63, 3.8) is 0 Å². The summed E-state index contributed by atoms with van der Waals surface area (Å²) in [5, 5.41) is 1.01. The number of carbonyl (C=O) groups is 1. The quantitative estimate of drug-likeness (QED) is 0.800. The van der Waals surface area contributed by atoms with Crippen molar-refractivity contribution in [2.75, 3.05) is 44.3 Å². The van der Waals surface area contributed by atoms with Crippen LogP contribution in [0.15, 0.2) is 22.7 Å². The molecule has 0 N–H and O–H groups in total. The molecular weight excluding hydrogens is 366 g/mol. The summed E-state index contributed by atoms with van der Waals surface area (Å²) in [5.41, 5.74) is 1.02. The van der Waals surface area contributed by atoms with Gasteiger partial charge in [0, 0.05) is 30.7 Å². The van der Waals surface area contributed by atoms with Crippen molar-refractivity contribution in [1.29, 1.82) is 0 Å². The lowest BCUT2D eigenvalue weighted by molar-refractivity contribution is -0.140. The maximum absolute atomic E-state index is 12.4. The van der Waals surface area contributed by atoms with Crippen molar-refractivity contribution in [3.05, 3.63) is 22.7 Å². The van der Waals surface area contributed by atoms with E-state index in [1.54, 1.807) is 11.3 Å². The van der Waals surface area contributed by atoms with Crippen LogP contribution in [0.5, 0.6) is 0 Å². The van der Waals surface area contributed by atoms with Gasteiger partial charge in [0.2, 0.25) is 5.91 Å². The summed E-state index contributed by atoms with van der Waals surface area (Å²) in [4.78, 5) is 21.2. The highest BCUT2D eigenvalue weighted by Gasteiger charge is 2.37.